The summed E-state index contributed by atoms with van der Waals surface area (Å²) in [5.74, 6) is 2.52. The van der Waals surface area contributed by atoms with Gasteiger partial charge in [0, 0.05) is 14.1 Å². The molecule has 0 aliphatic carbocycles. The smallest absolute Gasteiger partial charge is 0.297 e. The van der Waals surface area contributed by atoms with Crippen LogP contribution in [-0.2, 0) is 4.79 Å². The van der Waals surface area contributed by atoms with Gasteiger partial charge in [0.15, 0.2) is 0 Å². The van der Waals surface area contributed by atoms with E-state index < -0.39 is 8.07 Å². The monoisotopic (exact) mass is 169 g/mol. The lowest BCUT2D eigenvalue weighted by atomic mass is 10.6. The molecule has 0 aromatic carbocycles. The molecule has 0 saturated heterocycles. The van der Waals surface area contributed by atoms with E-state index in [1.807, 2.05) is 0 Å². The van der Waals surface area contributed by atoms with Gasteiger partial charge in [-0.3, -0.25) is 4.79 Å². The van der Waals surface area contributed by atoms with Gasteiger partial charge < -0.3 is 4.90 Å². The molecule has 0 rings (SSSR count). The van der Waals surface area contributed by atoms with Crippen LogP contribution in [-0.4, -0.2) is 33.0 Å². The second-order valence-electron chi connectivity index (χ2n) is 3.70. The van der Waals surface area contributed by atoms with E-state index in [1.54, 1.807) is 14.1 Å². The minimum Gasteiger partial charge on any atom is -0.338 e. The zero-order chi connectivity index (χ0) is 9.07. The van der Waals surface area contributed by atoms with Gasteiger partial charge in [0.05, 0.1) is 0 Å². The van der Waals surface area contributed by atoms with Crippen LogP contribution in [0.1, 0.15) is 0 Å². The molecule has 0 radical (unpaired) electrons. The third kappa shape index (κ3) is 5.68. The lowest BCUT2D eigenvalue weighted by Crippen LogP contribution is -2.22. The van der Waals surface area contributed by atoms with E-state index in [-0.39, 0.29) is 5.91 Å². The van der Waals surface area contributed by atoms with Crippen LogP contribution in [0, 0.1) is 11.5 Å². The fourth-order valence-electron chi connectivity index (χ4n) is 0.353. The number of carbonyl (C=O) groups is 1. The van der Waals surface area contributed by atoms with Crippen LogP contribution < -0.4 is 0 Å². The normalized spacial score (nSPS) is 9.91. The first kappa shape index (κ1) is 10.2. The van der Waals surface area contributed by atoms with Gasteiger partial charge in [-0.2, -0.15) is 0 Å². The maximum absolute atomic E-state index is 11.0. The number of amides is 1. The van der Waals surface area contributed by atoms with Crippen molar-refractivity contribution >= 4 is 14.0 Å². The Morgan fingerprint density at radius 2 is 1.73 bits per heavy atom. The van der Waals surface area contributed by atoms with E-state index in [9.17, 15) is 4.79 Å². The van der Waals surface area contributed by atoms with Crippen LogP contribution in [0.25, 0.3) is 0 Å². The van der Waals surface area contributed by atoms with Crippen LogP contribution in [0.2, 0.25) is 19.6 Å². The molecule has 0 aromatic rings. The van der Waals surface area contributed by atoms with E-state index in [2.05, 4.69) is 31.1 Å². The third-order valence-corrected chi connectivity index (χ3v) is 1.83. The molecule has 62 valence electrons. The van der Waals surface area contributed by atoms with Crippen molar-refractivity contribution in [2.24, 2.45) is 0 Å². The molecule has 0 bridgehead atoms. The lowest BCUT2D eigenvalue weighted by molar-refractivity contribution is -0.122. The van der Waals surface area contributed by atoms with Crippen LogP contribution >= 0.6 is 0 Å². The van der Waals surface area contributed by atoms with Crippen molar-refractivity contribution in [3.8, 4) is 11.5 Å². The fourth-order valence-corrected chi connectivity index (χ4v) is 0.835. The summed E-state index contributed by atoms with van der Waals surface area (Å²) in [5.41, 5.74) is 3.00. The largest absolute Gasteiger partial charge is 0.338 e. The second kappa shape index (κ2) is 3.58. The summed E-state index contributed by atoms with van der Waals surface area (Å²) in [4.78, 5) is 12.5. The third-order valence-electron chi connectivity index (χ3n) is 0.951. The van der Waals surface area contributed by atoms with Crippen LogP contribution in [0.15, 0.2) is 0 Å². The highest BCUT2D eigenvalue weighted by molar-refractivity contribution is 6.84. The summed E-state index contributed by atoms with van der Waals surface area (Å²) in [6.45, 7) is 6.34. The van der Waals surface area contributed by atoms with Gasteiger partial charge in [-0.1, -0.05) is 19.6 Å². The zero-order valence-electron chi connectivity index (χ0n) is 7.86. The second-order valence-corrected chi connectivity index (χ2v) is 8.45. The Morgan fingerprint density at radius 1 is 1.27 bits per heavy atom. The average Bonchev–Trinajstić information content (AvgIpc) is 1.80. The number of hydrogen-bond acceptors (Lipinski definition) is 1. The molecule has 0 aromatic heterocycles. The summed E-state index contributed by atoms with van der Waals surface area (Å²) in [5, 5.41) is 0. The standard InChI is InChI=1S/C8H15NOSi/c1-9(2)8(10)6-7-11(3,4)5/h1-5H3. The van der Waals surface area contributed by atoms with Crippen molar-refractivity contribution in [2.45, 2.75) is 19.6 Å². The van der Waals surface area contributed by atoms with E-state index in [1.165, 1.54) is 4.90 Å². The van der Waals surface area contributed by atoms with Gasteiger partial charge >= 0.3 is 0 Å². The average molecular weight is 169 g/mol. The van der Waals surface area contributed by atoms with E-state index in [4.69, 9.17) is 0 Å². The lowest BCUT2D eigenvalue weighted by Gasteiger charge is -2.06. The van der Waals surface area contributed by atoms with Crippen molar-refractivity contribution in [2.75, 3.05) is 14.1 Å². The first-order chi connectivity index (χ1) is 4.83. The van der Waals surface area contributed by atoms with Crippen LogP contribution in [0.5, 0.6) is 0 Å². The number of hydrogen-bond donors (Lipinski definition) is 0. The van der Waals surface area contributed by atoms with Crippen LogP contribution in [0.4, 0.5) is 0 Å². The summed E-state index contributed by atoms with van der Waals surface area (Å²) in [6, 6.07) is 0. The van der Waals surface area contributed by atoms with Gasteiger partial charge in [0.1, 0.15) is 8.07 Å². The fraction of sp³-hybridized carbons (Fsp3) is 0.625. The molecule has 0 aliphatic heterocycles. The molecular weight excluding hydrogens is 154 g/mol. The first-order valence-corrected chi connectivity index (χ1v) is 7.07. The molecule has 11 heavy (non-hydrogen) atoms. The van der Waals surface area contributed by atoms with E-state index in [0.29, 0.717) is 0 Å². The van der Waals surface area contributed by atoms with Crippen molar-refractivity contribution in [3.05, 3.63) is 0 Å². The van der Waals surface area contributed by atoms with Crippen molar-refractivity contribution in [3.63, 3.8) is 0 Å². The predicted octanol–water partition coefficient (Wildman–Crippen LogP) is 0.955. The summed E-state index contributed by atoms with van der Waals surface area (Å²) in [7, 11) is 2.04. The first-order valence-electron chi connectivity index (χ1n) is 3.57. The topological polar surface area (TPSA) is 20.3 Å². The molecule has 0 aliphatic rings. The van der Waals surface area contributed by atoms with Crippen LogP contribution in [0.3, 0.4) is 0 Å². The minimum absolute atomic E-state index is 0.104. The quantitative estimate of drug-likeness (QED) is 0.390. The summed E-state index contributed by atoms with van der Waals surface area (Å²) >= 11 is 0. The number of nitrogens with zero attached hydrogens (tertiary/aromatic N) is 1. The minimum atomic E-state index is -1.37. The summed E-state index contributed by atoms with van der Waals surface area (Å²) < 4.78 is 0. The van der Waals surface area contributed by atoms with Gasteiger partial charge in [-0.05, 0) is 5.92 Å². The summed E-state index contributed by atoms with van der Waals surface area (Å²) in [6.07, 6.45) is 0. The molecule has 0 saturated carbocycles. The number of carbonyl (C=O) groups excluding carboxylic acids is 1. The molecule has 0 spiro atoms. The van der Waals surface area contributed by atoms with Gasteiger partial charge in [0.25, 0.3) is 5.91 Å². The maximum Gasteiger partial charge on any atom is 0.297 e. The Kier molecular flexibility index (Phi) is 3.34. The molecule has 0 fully saturated rings. The van der Waals surface area contributed by atoms with Gasteiger partial charge in [0.2, 0.25) is 0 Å². The molecule has 0 heterocycles. The number of rotatable bonds is 0. The SMILES string of the molecule is CN(C)C(=O)C#C[Si](C)(C)C. The Labute approximate surface area is 69.6 Å². The van der Waals surface area contributed by atoms with Gasteiger partial charge in [-0.15, -0.1) is 5.54 Å². The molecule has 2 nitrogen and oxygen atoms in total. The highest BCUT2D eigenvalue weighted by Crippen LogP contribution is 1.95. The Balaban J connectivity index is 4.20. The van der Waals surface area contributed by atoms with Crippen molar-refractivity contribution in [1.29, 1.82) is 0 Å². The molecule has 0 atom stereocenters. The maximum atomic E-state index is 11.0. The Bertz CT molecular complexity index is 204. The van der Waals surface area contributed by atoms with Gasteiger partial charge in [-0.25, -0.2) is 0 Å². The highest BCUT2D eigenvalue weighted by atomic mass is 28.3. The Hall–Kier alpha value is -0.753. The van der Waals surface area contributed by atoms with Crippen molar-refractivity contribution in [1.82, 2.24) is 4.90 Å². The molecule has 1 amide bonds. The predicted molar refractivity (Wildman–Crippen MR) is 49.8 cm³/mol. The zero-order valence-corrected chi connectivity index (χ0v) is 8.86. The highest BCUT2D eigenvalue weighted by Gasteiger charge is 2.08. The molecule has 0 unspecified atom stereocenters. The Morgan fingerprint density at radius 3 is 2.00 bits per heavy atom. The van der Waals surface area contributed by atoms with Crippen molar-refractivity contribution < 1.29 is 4.79 Å². The van der Waals surface area contributed by atoms with E-state index >= 15 is 0 Å². The molecule has 0 N–H and O–H groups in total. The molecular formula is C8H15NOSi. The van der Waals surface area contributed by atoms with E-state index in [0.717, 1.165) is 0 Å². The molecule has 3 heteroatoms.